The fourth-order valence-corrected chi connectivity index (χ4v) is 4.64. The molecule has 4 aromatic rings. The van der Waals surface area contributed by atoms with Gasteiger partial charge < -0.3 is 15.0 Å². The number of nitrogens with zero attached hydrogens (tertiary/aromatic N) is 3. The molecule has 1 saturated carbocycles. The fourth-order valence-electron chi connectivity index (χ4n) is 4.64. The molecular formula is C25H23F4N5O. The van der Waals surface area contributed by atoms with Crippen molar-refractivity contribution in [1.82, 2.24) is 19.7 Å². The normalized spacial score (nSPS) is 18.7. The van der Waals surface area contributed by atoms with Crippen molar-refractivity contribution in [3.8, 4) is 0 Å². The van der Waals surface area contributed by atoms with Crippen LogP contribution in [0.25, 0.3) is 16.6 Å². The highest BCUT2D eigenvalue weighted by Crippen LogP contribution is 2.34. The first-order valence-electron chi connectivity index (χ1n) is 11.4. The third kappa shape index (κ3) is 4.78. The van der Waals surface area contributed by atoms with Crippen LogP contribution in [0.2, 0.25) is 0 Å². The van der Waals surface area contributed by atoms with Gasteiger partial charge in [0.1, 0.15) is 17.2 Å². The Morgan fingerprint density at radius 3 is 2.71 bits per heavy atom. The molecule has 3 heterocycles. The number of carbonyl (C=O) groups is 1. The first-order chi connectivity index (χ1) is 16.7. The minimum absolute atomic E-state index is 0.0644. The molecule has 0 saturated heterocycles. The molecule has 1 aliphatic rings. The Balaban J connectivity index is 1.34. The number of carbonyl (C=O) groups excluding carboxylic acids is 1. The predicted molar refractivity (Wildman–Crippen MR) is 124 cm³/mol. The van der Waals surface area contributed by atoms with Gasteiger partial charge in [0.25, 0.3) is 5.91 Å². The molecule has 1 fully saturated rings. The van der Waals surface area contributed by atoms with Gasteiger partial charge in [-0.25, -0.2) is 14.4 Å². The Morgan fingerprint density at radius 1 is 1.11 bits per heavy atom. The average molecular weight is 485 g/mol. The van der Waals surface area contributed by atoms with Crippen molar-refractivity contribution in [1.29, 1.82) is 0 Å². The van der Waals surface area contributed by atoms with E-state index in [1.165, 1.54) is 12.1 Å². The molecule has 0 radical (unpaired) electrons. The Kier molecular flexibility index (Phi) is 5.82. The van der Waals surface area contributed by atoms with Gasteiger partial charge in [0, 0.05) is 41.2 Å². The molecule has 3 aromatic heterocycles. The second-order valence-electron chi connectivity index (χ2n) is 8.94. The molecule has 0 spiro atoms. The van der Waals surface area contributed by atoms with Crippen molar-refractivity contribution in [3.63, 3.8) is 0 Å². The van der Waals surface area contributed by atoms with E-state index in [1.807, 2.05) is 11.3 Å². The topological polar surface area (TPSA) is 71.3 Å². The summed E-state index contributed by atoms with van der Waals surface area (Å²) >= 11 is 0. The molecule has 2 atom stereocenters. The number of halogens is 4. The SMILES string of the molecule is Cc1cnc2ccc(C(=O)N[C@@H]3CCC[C@H](Nc4cc(C(F)(F)F)nc5ccc(F)cc45)C3)cn12. The maximum Gasteiger partial charge on any atom is 0.433 e. The first kappa shape index (κ1) is 23.1. The van der Waals surface area contributed by atoms with Gasteiger partial charge in [0.05, 0.1) is 11.1 Å². The fraction of sp³-hybridized carbons (Fsp3) is 0.320. The van der Waals surface area contributed by atoms with Crippen molar-refractivity contribution < 1.29 is 22.4 Å². The maximum atomic E-state index is 13.9. The second kappa shape index (κ2) is 8.83. The number of imidazole rings is 1. The minimum atomic E-state index is -4.63. The number of hydrogen-bond acceptors (Lipinski definition) is 4. The second-order valence-corrected chi connectivity index (χ2v) is 8.94. The smallest absolute Gasteiger partial charge is 0.382 e. The summed E-state index contributed by atoms with van der Waals surface area (Å²) in [5.41, 5.74) is 1.37. The van der Waals surface area contributed by atoms with Gasteiger partial charge in [-0.3, -0.25) is 4.79 Å². The van der Waals surface area contributed by atoms with Crippen LogP contribution in [-0.2, 0) is 6.18 Å². The molecule has 1 aromatic carbocycles. The molecule has 10 heteroatoms. The molecule has 0 aliphatic heterocycles. The van der Waals surface area contributed by atoms with E-state index in [9.17, 15) is 22.4 Å². The molecule has 35 heavy (non-hydrogen) atoms. The zero-order chi connectivity index (χ0) is 24.7. The van der Waals surface area contributed by atoms with Crippen LogP contribution in [0.1, 0.15) is 47.4 Å². The van der Waals surface area contributed by atoms with Crippen molar-refractivity contribution in [2.45, 2.75) is 50.9 Å². The van der Waals surface area contributed by atoms with Crippen LogP contribution in [-0.4, -0.2) is 32.4 Å². The number of hydrogen-bond donors (Lipinski definition) is 2. The van der Waals surface area contributed by atoms with E-state index < -0.39 is 17.7 Å². The van der Waals surface area contributed by atoms with E-state index in [0.29, 0.717) is 18.4 Å². The minimum Gasteiger partial charge on any atom is -0.382 e. The number of anilines is 1. The highest BCUT2D eigenvalue weighted by atomic mass is 19.4. The summed E-state index contributed by atoms with van der Waals surface area (Å²) in [6.45, 7) is 1.90. The first-order valence-corrected chi connectivity index (χ1v) is 11.4. The molecule has 6 nitrogen and oxygen atoms in total. The van der Waals surface area contributed by atoms with Crippen molar-refractivity contribution >= 4 is 28.1 Å². The monoisotopic (exact) mass is 485 g/mol. The number of pyridine rings is 2. The van der Waals surface area contributed by atoms with Gasteiger partial charge in [-0.1, -0.05) is 0 Å². The highest BCUT2D eigenvalue weighted by molar-refractivity contribution is 5.94. The summed E-state index contributed by atoms with van der Waals surface area (Å²) in [5.74, 6) is -0.776. The number of nitrogens with one attached hydrogen (secondary N) is 2. The van der Waals surface area contributed by atoms with Crippen molar-refractivity contribution in [2.75, 3.05) is 5.32 Å². The third-order valence-corrected chi connectivity index (χ3v) is 6.38. The summed E-state index contributed by atoms with van der Waals surface area (Å²) < 4.78 is 55.9. The third-order valence-electron chi connectivity index (χ3n) is 6.38. The number of aryl methyl sites for hydroxylation is 1. The largest absolute Gasteiger partial charge is 0.433 e. The lowest BCUT2D eigenvalue weighted by Gasteiger charge is -2.31. The molecule has 1 amide bonds. The quantitative estimate of drug-likeness (QED) is 0.375. The molecule has 2 N–H and O–H groups in total. The van der Waals surface area contributed by atoms with Crippen LogP contribution in [0, 0.1) is 12.7 Å². The van der Waals surface area contributed by atoms with E-state index in [1.54, 1.807) is 24.5 Å². The standard InChI is InChI=1S/C25H23F4N5O/c1-14-12-30-23-8-5-15(13-34(14)23)24(35)32-18-4-2-3-17(10-18)31-21-11-22(25(27,28)29)33-20-7-6-16(26)9-19(20)21/h5-9,11-13,17-18H,2-4,10H2,1H3,(H,31,33)(H,32,35)/t17-,18+/m0/s1. The maximum absolute atomic E-state index is 13.9. The molecule has 1 aliphatic carbocycles. The zero-order valence-corrected chi connectivity index (χ0v) is 18.9. The van der Waals surface area contributed by atoms with E-state index in [0.717, 1.165) is 36.3 Å². The number of fused-ring (bicyclic) bond motifs is 2. The van der Waals surface area contributed by atoms with E-state index in [2.05, 4.69) is 20.6 Å². The van der Waals surface area contributed by atoms with Crippen LogP contribution in [0.4, 0.5) is 23.2 Å². The Morgan fingerprint density at radius 2 is 1.91 bits per heavy atom. The summed E-state index contributed by atoms with van der Waals surface area (Å²) in [6.07, 6.45) is 1.62. The Hall–Kier alpha value is -3.69. The van der Waals surface area contributed by atoms with Gasteiger partial charge in [-0.15, -0.1) is 0 Å². The summed E-state index contributed by atoms with van der Waals surface area (Å²) in [5, 5.41) is 6.49. The van der Waals surface area contributed by atoms with Crippen LogP contribution in [0.5, 0.6) is 0 Å². The summed E-state index contributed by atoms with van der Waals surface area (Å²) in [7, 11) is 0. The average Bonchev–Trinajstić information content (AvgIpc) is 3.19. The summed E-state index contributed by atoms with van der Waals surface area (Å²) in [4.78, 5) is 20.8. The molecule has 5 rings (SSSR count). The van der Waals surface area contributed by atoms with Crippen LogP contribution in [0.3, 0.4) is 0 Å². The Labute approximate surface area is 198 Å². The number of aromatic nitrogens is 3. The van der Waals surface area contributed by atoms with E-state index in [4.69, 9.17) is 0 Å². The number of alkyl halides is 3. The molecule has 0 unspecified atom stereocenters. The van der Waals surface area contributed by atoms with Crippen LogP contribution < -0.4 is 10.6 Å². The lowest BCUT2D eigenvalue weighted by Crippen LogP contribution is -2.41. The van der Waals surface area contributed by atoms with E-state index in [-0.39, 0.29) is 34.6 Å². The van der Waals surface area contributed by atoms with Crippen molar-refractivity contribution in [3.05, 3.63) is 71.6 Å². The number of benzene rings is 1. The van der Waals surface area contributed by atoms with Crippen molar-refractivity contribution in [2.24, 2.45) is 0 Å². The molecular weight excluding hydrogens is 462 g/mol. The van der Waals surface area contributed by atoms with Gasteiger partial charge in [-0.05, 0) is 69.0 Å². The Bertz CT molecular complexity index is 1410. The van der Waals surface area contributed by atoms with Gasteiger partial charge in [0.2, 0.25) is 0 Å². The number of amides is 1. The van der Waals surface area contributed by atoms with Gasteiger partial charge >= 0.3 is 6.18 Å². The summed E-state index contributed by atoms with van der Waals surface area (Å²) in [6, 6.07) is 7.59. The lowest BCUT2D eigenvalue weighted by atomic mass is 9.90. The number of rotatable bonds is 4. The molecule has 182 valence electrons. The zero-order valence-electron chi connectivity index (χ0n) is 18.9. The van der Waals surface area contributed by atoms with Crippen LogP contribution in [0.15, 0.2) is 48.8 Å². The van der Waals surface area contributed by atoms with E-state index >= 15 is 0 Å². The lowest BCUT2D eigenvalue weighted by molar-refractivity contribution is -0.140. The van der Waals surface area contributed by atoms with Crippen LogP contribution >= 0.6 is 0 Å². The van der Waals surface area contributed by atoms with Gasteiger partial charge in [-0.2, -0.15) is 13.2 Å². The molecule has 0 bridgehead atoms. The highest BCUT2D eigenvalue weighted by Gasteiger charge is 2.34. The van der Waals surface area contributed by atoms with Gasteiger partial charge in [0.15, 0.2) is 0 Å². The predicted octanol–water partition coefficient (Wildman–Crippen LogP) is 5.50.